The van der Waals surface area contributed by atoms with E-state index in [0.717, 1.165) is 16.9 Å². The number of nitrogens with zero attached hydrogens (tertiary/aromatic N) is 1. The predicted molar refractivity (Wildman–Crippen MR) is 62.1 cm³/mol. The number of imidazole rings is 1. The van der Waals surface area contributed by atoms with Crippen molar-refractivity contribution < 1.29 is 8.42 Å². The standard InChI is InChI=1S/C11H12N2O2S/c14-16(15)6-5-8(7-16)11-12-9-3-1-2-4-10(9)13-11/h1-4,8H,5-7H2,(H,12,13). The fraction of sp³-hybridized carbons (Fsp3) is 0.364. The molecule has 3 rings (SSSR count). The zero-order valence-corrected chi connectivity index (χ0v) is 9.50. The molecule has 1 aromatic carbocycles. The zero-order valence-electron chi connectivity index (χ0n) is 8.68. The van der Waals surface area contributed by atoms with Crippen LogP contribution < -0.4 is 0 Å². The van der Waals surface area contributed by atoms with Crippen LogP contribution in [-0.4, -0.2) is 29.9 Å². The van der Waals surface area contributed by atoms with Crippen molar-refractivity contribution in [1.82, 2.24) is 9.97 Å². The van der Waals surface area contributed by atoms with E-state index in [2.05, 4.69) is 9.97 Å². The summed E-state index contributed by atoms with van der Waals surface area (Å²) in [6, 6.07) is 7.75. The van der Waals surface area contributed by atoms with Gasteiger partial charge in [0.2, 0.25) is 0 Å². The van der Waals surface area contributed by atoms with Crippen LogP contribution in [0.1, 0.15) is 18.2 Å². The van der Waals surface area contributed by atoms with Crippen molar-refractivity contribution in [2.24, 2.45) is 0 Å². The van der Waals surface area contributed by atoms with E-state index in [-0.39, 0.29) is 17.4 Å². The van der Waals surface area contributed by atoms with E-state index in [1.54, 1.807) is 0 Å². The highest BCUT2D eigenvalue weighted by Crippen LogP contribution is 2.28. The molecule has 2 heterocycles. The first-order chi connectivity index (χ1) is 7.64. The van der Waals surface area contributed by atoms with Gasteiger partial charge < -0.3 is 4.98 Å². The fourth-order valence-corrected chi connectivity index (χ4v) is 3.92. The maximum Gasteiger partial charge on any atom is 0.151 e. The van der Waals surface area contributed by atoms with Gasteiger partial charge in [0.25, 0.3) is 0 Å². The number of para-hydroxylation sites is 2. The first kappa shape index (κ1) is 9.84. The highest BCUT2D eigenvalue weighted by molar-refractivity contribution is 7.91. The molecule has 1 aliphatic rings. The van der Waals surface area contributed by atoms with Gasteiger partial charge in [-0.25, -0.2) is 13.4 Å². The third-order valence-corrected chi connectivity index (χ3v) is 4.79. The maximum absolute atomic E-state index is 11.4. The van der Waals surface area contributed by atoms with Gasteiger partial charge in [0.1, 0.15) is 5.82 Å². The molecule has 2 aromatic rings. The molecule has 1 aromatic heterocycles. The predicted octanol–water partition coefficient (Wildman–Crippen LogP) is 1.46. The molecule has 5 heteroatoms. The first-order valence-electron chi connectivity index (χ1n) is 5.29. The van der Waals surface area contributed by atoms with E-state index < -0.39 is 9.84 Å². The Labute approximate surface area is 93.6 Å². The zero-order chi connectivity index (χ0) is 11.2. The van der Waals surface area contributed by atoms with E-state index in [4.69, 9.17) is 0 Å². The summed E-state index contributed by atoms with van der Waals surface area (Å²) in [4.78, 5) is 7.64. The Morgan fingerprint density at radius 3 is 2.81 bits per heavy atom. The monoisotopic (exact) mass is 236 g/mol. The van der Waals surface area contributed by atoms with E-state index >= 15 is 0 Å². The lowest BCUT2D eigenvalue weighted by Crippen LogP contribution is -2.04. The highest BCUT2D eigenvalue weighted by Gasteiger charge is 2.30. The van der Waals surface area contributed by atoms with Crippen LogP contribution in [0.4, 0.5) is 0 Å². The lowest BCUT2D eigenvalue weighted by atomic mass is 10.1. The number of nitrogens with one attached hydrogen (secondary N) is 1. The van der Waals surface area contributed by atoms with Gasteiger partial charge in [0, 0.05) is 5.92 Å². The molecule has 4 nitrogen and oxygen atoms in total. The average molecular weight is 236 g/mol. The normalized spacial score (nSPS) is 23.9. The molecule has 0 amide bonds. The molecule has 0 radical (unpaired) electrons. The Balaban J connectivity index is 2.01. The number of aromatic nitrogens is 2. The smallest absolute Gasteiger partial charge is 0.151 e. The Morgan fingerprint density at radius 2 is 2.12 bits per heavy atom. The molecule has 1 saturated heterocycles. The molecule has 0 aliphatic carbocycles. The Kier molecular flexibility index (Phi) is 2.04. The quantitative estimate of drug-likeness (QED) is 0.815. The molecule has 1 fully saturated rings. The summed E-state index contributed by atoms with van der Waals surface area (Å²) in [7, 11) is -2.84. The minimum atomic E-state index is -2.84. The number of hydrogen-bond acceptors (Lipinski definition) is 3. The number of sulfone groups is 1. The summed E-state index contributed by atoms with van der Waals surface area (Å²) < 4.78 is 22.8. The third-order valence-electron chi connectivity index (χ3n) is 3.03. The summed E-state index contributed by atoms with van der Waals surface area (Å²) in [6.07, 6.45) is 0.683. The van der Waals surface area contributed by atoms with Crippen LogP contribution in [0.3, 0.4) is 0 Å². The molecule has 16 heavy (non-hydrogen) atoms. The summed E-state index contributed by atoms with van der Waals surface area (Å²) in [5, 5.41) is 0. The van der Waals surface area contributed by atoms with Gasteiger partial charge in [0.05, 0.1) is 22.5 Å². The number of H-pyrrole nitrogens is 1. The van der Waals surface area contributed by atoms with E-state index in [0.29, 0.717) is 6.42 Å². The number of rotatable bonds is 1. The van der Waals surface area contributed by atoms with E-state index in [1.165, 1.54) is 0 Å². The van der Waals surface area contributed by atoms with Gasteiger partial charge in [-0.1, -0.05) is 12.1 Å². The van der Waals surface area contributed by atoms with Crippen LogP contribution in [0.2, 0.25) is 0 Å². The molecule has 1 aliphatic heterocycles. The molecule has 0 spiro atoms. The molecule has 0 saturated carbocycles. The molecular formula is C11H12N2O2S. The van der Waals surface area contributed by atoms with Gasteiger partial charge in [-0.15, -0.1) is 0 Å². The van der Waals surface area contributed by atoms with Crippen LogP contribution in [0.25, 0.3) is 11.0 Å². The largest absolute Gasteiger partial charge is 0.342 e. The topological polar surface area (TPSA) is 62.8 Å². The number of aromatic amines is 1. The lowest BCUT2D eigenvalue weighted by Gasteiger charge is -2.01. The second kappa shape index (κ2) is 3.31. The van der Waals surface area contributed by atoms with Crippen LogP contribution in [0, 0.1) is 0 Å². The van der Waals surface area contributed by atoms with Crippen molar-refractivity contribution in [2.45, 2.75) is 12.3 Å². The van der Waals surface area contributed by atoms with Gasteiger partial charge in [-0.2, -0.15) is 0 Å². The molecule has 1 unspecified atom stereocenters. The van der Waals surface area contributed by atoms with Crippen molar-refractivity contribution >= 4 is 20.9 Å². The molecule has 0 bridgehead atoms. The van der Waals surface area contributed by atoms with Crippen LogP contribution in [0.15, 0.2) is 24.3 Å². The number of benzene rings is 1. The van der Waals surface area contributed by atoms with Crippen LogP contribution in [-0.2, 0) is 9.84 Å². The van der Waals surface area contributed by atoms with E-state index in [1.807, 2.05) is 24.3 Å². The third kappa shape index (κ3) is 1.61. The maximum atomic E-state index is 11.4. The summed E-state index contributed by atoms with van der Waals surface area (Å²) in [6.45, 7) is 0. The Morgan fingerprint density at radius 1 is 1.31 bits per heavy atom. The van der Waals surface area contributed by atoms with Gasteiger partial charge >= 0.3 is 0 Å². The molecule has 1 atom stereocenters. The number of hydrogen-bond donors (Lipinski definition) is 1. The summed E-state index contributed by atoms with van der Waals surface area (Å²) in [5.41, 5.74) is 1.88. The average Bonchev–Trinajstić information content (AvgIpc) is 2.80. The SMILES string of the molecule is O=S1(=O)CCC(c2nc3ccccc3[nH]2)C1. The van der Waals surface area contributed by atoms with Crippen molar-refractivity contribution in [3.63, 3.8) is 0 Å². The van der Waals surface area contributed by atoms with Crippen LogP contribution >= 0.6 is 0 Å². The highest BCUT2D eigenvalue weighted by atomic mass is 32.2. The number of fused-ring (bicyclic) bond motifs is 1. The second-order valence-electron chi connectivity index (χ2n) is 4.24. The van der Waals surface area contributed by atoms with Crippen molar-refractivity contribution in [2.75, 3.05) is 11.5 Å². The molecular weight excluding hydrogens is 224 g/mol. The molecule has 1 N–H and O–H groups in total. The first-order valence-corrected chi connectivity index (χ1v) is 7.11. The minimum absolute atomic E-state index is 0.0393. The summed E-state index contributed by atoms with van der Waals surface area (Å²) >= 11 is 0. The fourth-order valence-electron chi connectivity index (χ4n) is 2.18. The summed E-state index contributed by atoms with van der Waals surface area (Å²) in [5.74, 6) is 1.36. The van der Waals surface area contributed by atoms with Gasteiger partial charge in [-0.05, 0) is 18.6 Å². The Hall–Kier alpha value is -1.36. The lowest BCUT2D eigenvalue weighted by molar-refractivity contribution is 0.601. The van der Waals surface area contributed by atoms with Crippen molar-refractivity contribution in [1.29, 1.82) is 0 Å². The second-order valence-corrected chi connectivity index (χ2v) is 6.47. The van der Waals surface area contributed by atoms with Gasteiger partial charge in [0.15, 0.2) is 9.84 Å². The van der Waals surface area contributed by atoms with Crippen molar-refractivity contribution in [3.8, 4) is 0 Å². The van der Waals surface area contributed by atoms with E-state index in [9.17, 15) is 8.42 Å². The van der Waals surface area contributed by atoms with Crippen molar-refractivity contribution in [3.05, 3.63) is 30.1 Å². The molecule has 84 valence electrons. The minimum Gasteiger partial charge on any atom is -0.342 e. The van der Waals surface area contributed by atoms with Gasteiger partial charge in [-0.3, -0.25) is 0 Å². The Bertz CT molecular complexity index is 597. The van der Waals surface area contributed by atoms with Crippen LogP contribution in [0.5, 0.6) is 0 Å².